The zero-order valence-electron chi connectivity index (χ0n) is 16.4. The van der Waals surface area contributed by atoms with E-state index in [0.29, 0.717) is 27.4 Å². The van der Waals surface area contributed by atoms with E-state index in [9.17, 15) is 18.0 Å². The quantitative estimate of drug-likeness (QED) is 0.384. The number of halogens is 3. The highest BCUT2D eigenvalue weighted by Gasteiger charge is 2.28. The Kier molecular flexibility index (Phi) is 6.01. The zero-order valence-corrected chi connectivity index (χ0v) is 17.3. The number of rotatable bonds is 6. The number of amides is 1. The third kappa shape index (κ3) is 4.17. The first-order valence-corrected chi connectivity index (χ1v) is 10.2. The van der Waals surface area contributed by atoms with Crippen LogP contribution in [0, 0.1) is 17.5 Å². The summed E-state index contributed by atoms with van der Waals surface area (Å²) in [6.45, 7) is -0.0449. The van der Waals surface area contributed by atoms with E-state index in [0.717, 1.165) is 17.4 Å². The first-order valence-electron chi connectivity index (χ1n) is 9.35. The minimum Gasteiger partial charge on any atom is -0.380 e. The van der Waals surface area contributed by atoms with Crippen LogP contribution in [0.3, 0.4) is 0 Å². The van der Waals surface area contributed by atoms with E-state index in [1.165, 1.54) is 24.1 Å². The molecule has 0 aliphatic heterocycles. The minimum absolute atomic E-state index is 0.00529. The van der Waals surface area contributed by atoms with E-state index in [-0.39, 0.29) is 23.7 Å². The van der Waals surface area contributed by atoms with Crippen molar-refractivity contribution in [3.8, 4) is 0 Å². The molecule has 31 heavy (non-hydrogen) atoms. The molecule has 158 valence electrons. The van der Waals surface area contributed by atoms with Crippen molar-refractivity contribution in [2.75, 3.05) is 12.0 Å². The van der Waals surface area contributed by atoms with Crippen LogP contribution >= 0.6 is 11.3 Å². The van der Waals surface area contributed by atoms with Gasteiger partial charge in [-0.1, -0.05) is 12.1 Å². The van der Waals surface area contributed by atoms with Gasteiger partial charge in [0.2, 0.25) is 0 Å². The number of hydrogen-bond donors (Lipinski definition) is 0. The number of methoxy groups -OCH3 is 1. The van der Waals surface area contributed by atoms with Crippen LogP contribution in [0.25, 0.3) is 10.1 Å². The minimum atomic E-state index is -0.884. The number of nitrogens with zero attached hydrogens (tertiary/aromatic N) is 2. The Balaban J connectivity index is 1.86. The molecule has 0 N–H and O–H groups in total. The second kappa shape index (κ2) is 8.87. The van der Waals surface area contributed by atoms with Crippen molar-refractivity contribution in [2.45, 2.75) is 13.2 Å². The van der Waals surface area contributed by atoms with Crippen LogP contribution < -0.4 is 4.90 Å². The number of anilines is 1. The topological polar surface area (TPSA) is 42.4 Å². The van der Waals surface area contributed by atoms with Crippen molar-refractivity contribution in [1.29, 1.82) is 0 Å². The third-order valence-electron chi connectivity index (χ3n) is 4.74. The highest BCUT2D eigenvalue weighted by molar-refractivity contribution is 7.21. The summed E-state index contributed by atoms with van der Waals surface area (Å²) in [5.41, 5.74) is 0.803. The van der Waals surface area contributed by atoms with Gasteiger partial charge in [0.25, 0.3) is 5.91 Å². The zero-order chi connectivity index (χ0) is 22.0. The fourth-order valence-electron chi connectivity index (χ4n) is 3.36. The van der Waals surface area contributed by atoms with E-state index in [4.69, 9.17) is 4.74 Å². The number of hydrogen-bond acceptors (Lipinski definition) is 4. The lowest BCUT2D eigenvalue weighted by molar-refractivity contribution is 0.0983. The van der Waals surface area contributed by atoms with E-state index in [1.807, 2.05) is 0 Å². The highest BCUT2D eigenvalue weighted by atomic mass is 32.1. The first kappa shape index (κ1) is 21.0. The van der Waals surface area contributed by atoms with Crippen LogP contribution in [0.5, 0.6) is 0 Å². The molecule has 8 heteroatoms. The largest absolute Gasteiger partial charge is 0.380 e. The molecule has 2 heterocycles. The van der Waals surface area contributed by atoms with Crippen LogP contribution in [0.15, 0.2) is 60.8 Å². The van der Waals surface area contributed by atoms with Crippen molar-refractivity contribution in [3.63, 3.8) is 0 Å². The van der Waals surface area contributed by atoms with Gasteiger partial charge in [-0.15, -0.1) is 11.3 Å². The van der Waals surface area contributed by atoms with Gasteiger partial charge in [0.15, 0.2) is 0 Å². The van der Waals surface area contributed by atoms with Gasteiger partial charge in [-0.2, -0.15) is 0 Å². The Hall–Kier alpha value is -3.23. The lowest BCUT2D eigenvalue weighted by Crippen LogP contribution is -2.31. The lowest BCUT2D eigenvalue weighted by Gasteiger charge is -2.23. The maximum Gasteiger partial charge on any atom is 0.269 e. The summed E-state index contributed by atoms with van der Waals surface area (Å²) in [6, 6.07) is 12.7. The fraction of sp³-hybridized carbons (Fsp3) is 0.130. The molecule has 0 bridgehead atoms. The molecule has 0 aliphatic carbocycles. The monoisotopic (exact) mass is 442 g/mol. The van der Waals surface area contributed by atoms with Gasteiger partial charge in [-0.05, 0) is 36.4 Å². The van der Waals surface area contributed by atoms with Crippen molar-refractivity contribution >= 4 is 33.0 Å². The summed E-state index contributed by atoms with van der Waals surface area (Å²) < 4.78 is 48.5. The summed E-state index contributed by atoms with van der Waals surface area (Å²) in [6.07, 6.45) is 1.56. The molecule has 4 rings (SSSR count). The van der Waals surface area contributed by atoms with E-state index < -0.39 is 23.4 Å². The highest BCUT2D eigenvalue weighted by Crippen LogP contribution is 2.36. The number of pyridine rings is 1. The molecule has 0 unspecified atom stereocenters. The molecular weight excluding hydrogens is 425 g/mol. The standard InChI is InChI=1S/C23H17F3N2O2S/c1-30-13-16-21-17(25)6-4-7-20(21)31-22(16)23(29)28(12-15-5-2-3-10-27-15)19-9-8-14(24)11-18(19)26/h2-11H,12-13H2,1H3. The number of ether oxygens (including phenoxy) is 1. The predicted octanol–water partition coefficient (Wildman–Crippen LogP) is 5.71. The van der Waals surface area contributed by atoms with Crippen LogP contribution in [-0.4, -0.2) is 18.0 Å². The Labute approximate surface area is 180 Å². The van der Waals surface area contributed by atoms with Gasteiger partial charge in [-0.25, -0.2) is 13.2 Å². The summed E-state index contributed by atoms with van der Waals surface area (Å²) in [5, 5.41) is 0.301. The molecule has 0 atom stereocenters. The van der Waals surface area contributed by atoms with E-state index >= 15 is 0 Å². The van der Waals surface area contributed by atoms with Crippen LogP contribution in [0.4, 0.5) is 18.9 Å². The number of thiophene rings is 1. The average molecular weight is 442 g/mol. The number of benzene rings is 2. The second-order valence-electron chi connectivity index (χ2n) is 6.76. The Morgan fingerprint density at radius 2 is 1.90 bits per heavy atom. The fourth-order valence-corrected chi connectivity index (χ4v) is 4.54. The normalized spacial score (nSPS) is 11.1. The van der Waals surface area contributed by atoms with Crippen molar-refractivity contribution in [3.05, 3.63) is 94.4 Å². The molecule has 0 saturated carbocycles. The maximum atomic E-state index is 14.7. The Morgan fingerprint density at radius 3 is 2.61 bits per heavy atom. The summed E-state index contributed by atoms with van der Waals surface area (Å²) in [7, 11) is 1.45. The molecule has 4 aromatic rings. The molecule has 0 spiro atoms. The molecule has 0 saturated heterocycles. The summed E-state index contributed by atoms with van der Waals surface area (Å²) in [5.74, 6) is -2.66. The smallest absolute Gasteiger partial charge is 0.269 e. The van der Waals surface area contributed by atoms with Gasteiger partial charge in [0.05, 0.1) is 29.4 Å². The van der Waals surface area contributed by atoms with E-state index in [2.05, 4.69) is 4.98 Å². The summed E-state index contributed by atoms with van der Waals surface area (Å²) >= 11 is 1.10. The molecule has 0 fully saturated rings. The van der Waals surface area contributed by atoms with Crippen LogP contribution in [0.1, 0.15) is 20.9 Å². The van der Waals surface area contributed by atoms with Gasteiger partial charge >= 0.3 is 0 Å². The van der Waals surface area contributed by atoms with Crippen molar-refractivity contribution < 1.29 is 22.7 Å². The van der Waals surface area contributed by atoms with Crippen LogP contribution in [-0.2, 0) is 17.9 Å². The number of carbonyl (C=O) groups excluding carboxylic acids is 1. The molecular formula is C23H17F3N2O2S. The molecule has 2 aromatic carbocycles. The van der Waals surface area contributed by atoms with Crippen molar-refractivity contribution in [2.24, 2.45) is 0 Å². The Bertz CT molecular complexity index is 1240. The molecule has 0 radical (unpaired) electrons. The second-order valence-corrected chi connectivity index (χ2v) is 7.82. The number of carbonyl (C=O) groups is 1. The van der Waals surface area contributed by atoms with Crippen LogP contribution in [0.2, 0.25) is 0 Å². The molecule has 2 aromatic heterocycles. The average Bonchev–Trinajstić information content (AvgIpc) is 3.13. The first-order chi connectivity index (χ1) is 15.0. The maximum absolute atomic E-state index is 14.7. The van der Waals surface area contributed by atoms with Gasteiger partial charge in [-0.3, -0.25) is 14.7 Å². The van der Waals surface area contributed by atoms with Gasteiger partial charge in [0, 0.05) is 35.0 Å². The lowest BCUT2D eigenvalue weighted by atomic mass is 10.1. The predicted molar refractivity (Wildman–Crippen MR) is 114 cm³/mol. The van der Waals surface area contributed by atoms with E-state index in [1.54, 1.807) is 36.5 Å². The van der Waals surface area contributed by atoms with Gasteiger partial charge in [0.1, 0.15) is 17.5 Å². The Morgan fingerprint density at radius 1 is 1.06 bits per heavy atom. The third-order valence-corrected chi connectivity index (χ3v) is 5.92. The molecule has 1 amide bonds. The summed E-state index contributed by atoms with van der Waals surface area (Å²) in [4.78, 5) is 19.2. The van der Waals surface area contributed by atoms with Crippen molar-refractivity contribution in [1.82, 2.24) is 4.98 Å². The SMILES string of the molecule is COCc1c(C(=O)N(Cc2ccccn2)c2ccc(F)cc2F)sc2cccc(F)c12. The molecule has 0 aliphatic rings. The van der Waals surface area contributed by atoms with Gasteiger partial charge < -0.3 is 4.74 Å². The molecule has 4 nitrogen and oxygen atoms in total. The number of fused-ring (bicyclic) bond motifs is 1. The number of aromatic nitrogens is 1.